The molecule has 0 aromatic carbocycles. The molecule has 0 bridgehead atoms. The molecule has 0 saturated heterocycles. The number of nitrogens with one attached hydrogen (secondary N) is 1. The first-order valence-electron chi connectivity index (χ1n) is 4.46. The minimum atomic E-state index is 0. The van der Waals surface area contributed by atoms with Crippen LogP contribution >= 0.6 is 24.0 Å². The van der Waals surface area contributed by atoms with Crippen molar-refractivity contribution in [3.63, 3.8) is 0 Å². The molecule has 0 atom stereocenters. The van der Waals surface area contributed by atoms with Crippen LogP contribution in [0.1, 0.15) is 12.0 Å². The zero-order valence-corrected chi connectivity index (χ0v) is 9.61. The summed E-state index contributed by atoms with van der Waals surface area (Å²) in [5.74, 6) is 0.447. The SMILES string of the molecule is Cl.Nc1nnc(Cl)cc1C1=CCNCC1. The molecule has 2 heterocycles. The number of hydrogen-bond donors (Lipinski definition) is 2. The quantitative estimate of drug-likeness (QED) is 0.789. The number of nitrogens with zero attached hydrogens (tertiary/aromatic N) is 2. The third-order valence-electron chi connectivity index (χ3n) is 2.20. The van der Waals surface area contributed by atoms with E-state index in [4.69, 9.17) is 17.3 Å². The van der Waals surface area contributed by atoms with E-state index in [1.54, 1.807) is 6.07 Å². The lowest BCUT2D eigenvalue weighted by Crippen LogP contribution is -2.20. The Bertz CT molecular complexity index is 378. The molecule has 0 fully saturated rings. The van der Waals surface area contributed by atoms with Gasteiger partial charge in [-0.05, 0) is 24.6 Å². The summed E-state index contributed by atoms with van der Waals surface area (Å²) in [5.41, 5.74) is 7.83. The normalized spacial score (nSPS) is 15.4. The van der Waals surface area contributed by atoms with Crippen LogP contribution < -0.4 is 11.1 Å². The van der Waals surface area contributed by atoms with Gasteiger partial charge in [-0.1, -0.05) is 17.7 Å². The van der Waals surface area contributed by atoms with E-state index < -0.39 is 0 Å². The van der Waals surface area contributed by atoms with Crippen molar-refractivity contribution in [3.8, 4) is 0 Å². The fourth-order valence-corrected chi connectivity index (χ4v) is 1.65. The van der Waals surface area contributed by atoms with E-state index in [-0.39, 0.29) is 12.4 Å². The summed E-state index contributed by atoms with van der Waals surface area (Å²) in [5, 5.41) is 11.1. The zero-order chi connectivity index (χ0) is 9.97. The maximum atomic E-state index is 5.76. The standard InChI is InChI=1S/C9H11ClN4.ClH/c10-8-5-7(9(11)14-13-8)6-1-3-12-4-2-6;/h1,5,12H,2-4H2,(H2,11,14);1H. The van der Waals surface area contributed by atoms with Gasteiger partial charge in [-0.2, -0.15) is 0 Å². The lowest BCUT2D eigenvalue weighted by molar-refractivity contribution is 0.738. The minimum absolute atomic E-state index is 0. The lowest BCUT2D eigenvalue weighted by atomic mass is 10.0. The summed E-state index contributed by atoms with van der Waals surface area (Å²) in [6.07, 6.45) is 3.05. The molecular weight excluding hydrogens is 235 g/mol. The van der Waals surface area contributed by atoms with Gasteiger partial charge in [-0.3, -0.25) is 0 Å². The van der Waals surface area contributed by atoms with Crippen LogP contribution in [0.5, 0.6) is 0 Å². The molecule has 0 radical (unpaired) electrons. The van der Waals surface area contributed by atoms with E-state index in [2.05, 4.69) is 21.6 Å². The summed E-state index contributed by atoms with van der Waals surface area (Å²) < 4.78 is 0. The molecule has 0 saturated carbocycles. The van der Waals surface area contributed by atoms with Gasteiger partial charge in [0.2, 0.25) is 0 Å². The van der Waals surface area contributed by atoms with Gasteiger partial charge in [0.1, 0.15) is 0 Å². The van der Waals surface area contributed by atoms with Gasteiger partial charge in [0.25, 0.3) is 0 Å². The highest BCUT2D eigenvalue weighted by atomic mass is 35.5. The molecule has 0 unspecified atom stereocenters. The van der Waals surface area contributed by atoms with E-state index in [9.17, 15) is 0 Å². The summed E-state index contributed by atoms with van der Waals surface area (Å²) in [6.45, 7) is 1.83. The molecule has 0 aliphatic carbocycles. The number of hydrogen-bond acceptors (Lipinski definition) is 4. The van der Waals surface area contributed by atoms with Crippen LogP contribution in [0.4, 0.5) is 5.82 Å². The first-order chi connectivity index (χ1) is 6.77. The van der Waals surface area contributed by atoms with Crippen LogP contribution in [0.2, 0.25) is 5.15 Å². The van der Waals surface area contributed by atoms with Gasteiger partial charge in [0, 0.05) is 12.1 Å². The zero-order valence-electron chi connectivity index (χ0n) is 8.03. The monoisotopic (exact) mass is 246 g/mol. The molecule has 0 spiro atoms. The first kappa shape index (κ1) is 12.2. The Morgan fingerprint density at radius 2 is 2.20 bits per heavy atom. The Kier molecular flexibility index (Phi) is 4.32. The van der Waals surface area contributed by atoms with Crippen molar-refractivity contribution in [2.75, 3.05) is 18.8 Å². The van der Waals surface area contributed by atoms with Crippen LogP contribution in [0, 0.1) is 0 Å². The van der Waals surface area contributed by atoms with Crippen LogP contribution in [-0.2, 0) is 0 Å². The molecule has 15 heavy (non-hydrogen) atoms. The molecule has 1 aromatic heterocycles. The van der Waals surface area contributed by atoms with Crippen molar-refractivity contribution >= 4 is 35.4 Å². The van der Waals surface area contributed by atoms with Crippen LogP contribution in [-0.4, -0.2) is 23.3 Å². The Morgan fingerprint density at radius 1 is 1.40 bits per heavy atom. The molecule has 3 N–H and O–H groups in total. The number of aromatic nitrogens is 2. The van der Waals surface area contributed by atoms with Gasteiger partial charge >= 0.3 is 0 Å². The van der Waals surface area contributed by atoms with Crippen LogP contribution in [0.25, 0.3) is 5.57 Å². The molecule has 1 aromatic rings. The minimum Gasteiger partial charge on any atom is -0.382 e. The highest BCUT2D eigenvalue weighted by Crippen LogP contribution is 2.24. The average Bonchev–Trinajstić information content (AvgIpc) is 2.23. The summed E-state index contributed by atoms with van der Waals surface area (Å²) >= 11 is 5.76. The first-order valence-corrected chi connectivity index (χ1v) is 4.84. The van der Waals surface area contributed by atoms with Gasteiger partial charge in [0.15, 0.2) is 11.0 Å². The number of nitrogens with two attached hydrogens (primary N) is 1. The smallest absolute Gasteiger partial charge is 0.153 e. The van der Waals surface area contributed by atoms with E-state index in [0.717, 1.165) is 25.1 Å². The van der Waals surface area contributed by atoms with Gasteiger partial charge in [-0.25, -0.2) is 0 Å². The fourth-order valence-electron chi connectivity index (χ4n) is 1.50. The summed E-state index contributed by atoms with van der Waals surface area (Å²) in [4.78, 5) is 0. The molecule has 82 valence electrons. The summed E-state index contributed by atoms with van der Waals surface area (Å²) in [7, 11) is 0. The van der Waals surface area contributed by atoms with Gasteiger partial charge < -0.3 is 11.1 Å². The second kappa shape index (κ2) is 5.30. The molecule has 6 heteroatoms. The van der Waals surface area contributed by atoms with Gasteiger partial charge in [-0.15, -0.1) is 22.6 Å². The average molecular weight is 247 g/mol. The van der Waals surface area contributed by atoms with Crippen molar-refractivity contribution in [2.45, 2.75) is 6.42 Å². The molecule has 4 nitrogen and oxygen atoms in total. The van der Waals surface area contributed by atoms with E-state index in [1.807, 2.05) is 0 Å². The Morgan fingerprint density at radius 3 is 2.87 bits per heavy atom. The molecule has 1 aliphatic heterocycles. The molecule has 2 rings (SSSR count). The predicted octanol–water partition coefficient (Wildman–Crippen LogP) is 1.51. The fraction of sp³-hybridized carbons (Fsp3) is 0.333. The van der Waals surface area contributed by atoms with Crippen molar-refractivity contribution in [2.24, 2.45) is 0 Å². The Labute approximate surface area is 99.3 Å². The number of nitrogen functional groups attached to an aromatic ring is 1. The largest absolute Gasteiger partial charge is 0.382 e. The third-order valence-corrected chi connectivity index (χ3v) is 2.39. The molecule has 0 amide bonds. The van der Waals surface area contributed by atoms with Crippen molar-refractivity contribution in [1.82, 2.24) is 15.5 Å². The molecule has 1 aliphatic rings. The number of rotatable bonds is 1. The second-order valence-electron chi connectivity index (χ2n) is 3.15. The third kappa shape index (κ3) is 2.81. The topological polar surface area (TPSA) is 63.8 Å². The van der Waals surface area contributed by atoms with E-state index >= 15 is 0 Å². The van der Waals surface area contributed by atoms with Crippen LogP contribution in [0.15, 0.2) is 12.1 Å². The maximum absolute atomic E-state index is 5.76. The maximum Gasteiger partial charge on any atom is 0.153 e. The van der Waals surface area contributed by atoms with Crippen molar-refractivity contribution in [3.05, 3.63) is 22.9 Å². The van der Waals surface area contributed by atoms with Gasteiger partial charge in [0.05, 0.1) is 0 Å². The Hall–Kier alpha value is -0.840. The molecular formula is C9H12Cl2N4. The highest BCUT2D eigenvalue weighted by Gasteiger charge is 2.10. The highest BCUT2D eigenvalue weighted by molar-refractivity contribution is 6.29. The Balaban J connectivity index is 0.00000112. The summed E-state index contributed by atoms with van der Waals surface area (Å²) in [6, 6.07) is 1.76. The van der Waals surface area contributed by atoms with E-state index in [1.165, 1.54) is 5.57 Å². The predicted molar refractivity (Wildman–Crippen MR) is 64.2 cm³/mol. The number of anilines is 1. The number of halogens is 2. The van der Waals surface area contributed by atoms with Crippen LogP contribution in [0.3, 0.4) is 0 Å². The lowest BCUT2D eigenvalue weighted by Gasteiger charge is -2.14. The van der Waals surface area contributed by atoms with Crippen molar-refractivity contribution in [1.29, 1.82) is 0 Å². The van der Waals surface area contributed by atoms with E-state index in [0.29, 0.717) is 11.0 Å². The second-order valence-corrected chi connectivity index (χ2v) is 3.54. The van der Waals surface area contributed by atoms with Crippen molar-refractivity contribution < 1.29 is 0 Å².